The average Bonchev–Trinajstić information content (AvgIpc) is 2.63. The van der Waals surface area contributed by atoms with Crippen LogP contribution < -0.4 is 4.90 Å². The first kappa shape index (κ1) is 13.7. The number of nitrogens with zero attached hydrogens (tertiary/aromatic N) is 4. The molecular weight excluding hydrogens is 259 g/mol. The van der Waals surface area contributed by atoms with Gasteiger partial charge in [-0.25, -0.2) is 14.4 Å². The van der Waals surface area contributed by atoms with Crippen LogP contribution >= 0.6 is 0 Å². The van der Waals surface area contributed by atoms with Gasteiger partial charge in [0.05, 0.1) is 25.6 Å². The lowest BCUT2D eigenvalue weighted by atomic mass is 9.79. The second-order valence-electron chi connectivity index (χ2n) is 5.98. The van der Waals surface area contributed by atoms with Gasteiger partial charge in [0.1, 0.15) is 0 Å². The highest BCUT2D eigenvalue weighted by atomic mass is 19.1. The number of rotatable bonds is 1. The van der Waals surface area contributed by atoms with Crippen molar-refractivity contribution in [2.45, 2.75) is 12.8 Å². The van der Waals surface area contributed by atoms with Gasteiger partial charge in [-0.05, 0) is 19.9 Å². The lowest BCUT2D eigenvalue weighted by Gasteiger charge is -2.42. The molecule has 0 N–H and O–H groups in total. The Morgan fingerprint density at radius 1 is 1.20 bits per heavy atom. The fraction of sp³-hybridized carbons (Fsp3) is 0.714. The molecule has 110 valence electrons. The fourth-order valence-corrected chi connectivity index (χ4v) is 3.16. The van der Waals surface area contributed by atoms with Crippen LogP contribution in [0.1, 0.15) is 12.8 Å². The Bertz CT molecular complexity index is 445. The summed E-state index contributed by atoms with van der Waals surface area (Å²) >= 11 is 0. The maximum atomic E-state index is 12.9. The molecular formula is C14H21FN4O. The lowest BCUT2D eigenvalue weighted by Crippen LogP contribution is -2.47. The largest absolute Gasteiger partial charge is 0.379 e. The number of piperidine rings is 1. The molecule has 0 amide bonds. The van der Waals surface area contributed by atoms with Gasteiger partial charge in [-0.2, -0.15) is 0 Å². The van der Waals surface area contributed by atoms with Gasteiger partial charge in [0.2, 0.25) is 5.95 Å². The van der Waals surface area contributed by atoms with Gasteiger partial charge in [0, 0.05) is 31.6 Å². The molecule has 0 bridgehead atoms. The van der Waals surface area contributed by atoms with Crippen molar-refractivity contribution in [3.8, 4) is 0 Å². The summed E-state index contributed by atoms with van der Waals surface area (Å²) in [6.07, 6.45) is 4.60. The quantitative estimate of drug-likeness (QED) is 0.772. The zero-order chi connectivity index (χ0) is 14.0. The summed E-state index contributed by atoms with van der Waals surface area (Å²) < 4.78 is 18.6. The van der Waals surface area contributed by atoms with Crippen LogP contribution in [-0.4, -0.2) is 61.3 Å². The molecule has 2 aliphatic rings. The predicted octanol–water partition coefficient (Wildman–Crippen LogP) is 1.16. The van der Waals surface area contributed by atoms with E-state index in [1.54, 1.807) is 0 Å². The molecule has 5 nitrogen and oxygen atoms in total. The van der Waals surface area contributed by atoms with Gasteiger partial charge < -0.3 is 14.5 Å². The van der Waals surface area contributed by atoms with Gasteiger partial charge in [0.25, 0.3) is 0 Å². The van der Waals surface area contributed by atoms with Crippen LogP contribution in [0.3, 0.4) is 0 Å². The van der Waals surface area contributed by atoms with Crippen LogP contribution in [0.5, 0.6) is 0 Å². The molecule has 3 rings (SSSR count). The Kier molecular flexibility index (Phi) is 3.85. The van der Waals surface area contributed by atoms with Gasteiger partial charge in [-0.3, -0.25) is 0 Å². The Balaban J connectivity index is 1.65. The summed E-state index contributed by atoms with van der Waals surface area (Å²) in [5, 5.41) is 0. The van der Waals surface area contributed by atoms with Gasteiger partial charge in [-0.15, -0.1) is 0 Å². The molecule has 1 aromatic rings. The van der Waals surface area contributed by atoms with Crippen LogP contribution in [0.25, 0.3) is 0 Å². The van der Waals surface area contributed by atoms with Crippen molar-refractivity contribution >= 4 is 5.95 Å². The minimum atomic E-state index is -0.388. The smallest absolute Gasteiger partial charge is 0.225 e. The van der Waals surface area contributed by atoms with Crippen LogP contribution in [0.2, 0.25) is 0 Å². The first-order valence-corrected chi connectivity index (χ1v) is 7.16. The third kappa shape index (κ3) is 2.91. The van der Waals surface area contributed by atoms with E-state index in [4.69, 9.17) is 4.74 Å². The van der Waals surface area contributed by atoms with Gasteiger partial charge in [0.15, 0.2) is 5.82 Å². The summed E-state index contributed by atoms with van der Waals surface area (Å²) in [7, 11) is 2.16. The molecule has 0 aliphatic carbocycles. The summed E-state index contributed by atoms with van der Waals surface area (Å²) in [5.41, 5.74) is 0.252. The zero-order valence-corrected chi connectivity index (χ0v) is 11.9. The molecule has 3 heterocycles. The van der Waals surface area contributed by atoms with Crippen molar-refractivity contribution in [3.05, 3.63) is 18.2 Å². The highest BCUT2D eigenvalue weighted by Crippen LogP contribution is 2.34. The zero-order valence-electron chi connectivity index (χ0n) is 11.9. The van der Waals surface area contributed by atoms with Gasteiger partial charge >= 0.3 is 0 Å². The molecule has 0 saturated carbocycles. The number of likely N-dealkylation sites (N-methyl/N-ethyl adjacent to an activating group) is 1. The molecule has 2 fully saturated rings. The highest BCUT2D eigenvalue weighted by molar-refractivity contribution is 5.29. The van der Waals surface area contributed by atoms with Crippen LogP contribution in [0.15, 0.2) is 12.4 Å². The van der Waals surface area contributed by atoms with Crippen LogP contribution in [-0.2, 0) is 4.74 Å². The molecule has 0 aromatic carbocycles. The van der Waals surface area contributed by atoms with E-state index in [0.29, 0.717) is 5.95 Å². The van der Waals surface area contributed by atoms with E-state index in [9.17, 15) is 4.39 Å². The summed E-state index contributed by atoms with van der Waals surface area (Å²) in [6.45, 7) is 5.57. The second-order valence-corrected chi connectivity index (χ2v) is 5.98. The van der Waals surface area contributed by atoms with E-state index in [2.05, 4.69) is 26.8 Å². The van der Waals surface area contributed by atoms with E-state index in [0.717, 1.165) is 52.2 Å². The molecule has 1 spiro atoms. The Hall–Kier alpha value is -1.27. The first-order valence-electron chi connectivity index (χ1n) is 7.16. The third-order valence-corrected chi connectivity index (χ3v) is 4.34. The van der Waals surface area contributed by atoms with Crippen molar-refractivity contribution in [1.82, 2.24) is 14.9 Å². The molecule has 0 unspecified atom stereocenters. The third-order valence-electron chi connectivity index (χ3n) is 4.34. The van der Waals surface area contributed by atoms with E-state index in [1.165, 1.54) is 12.4 Å². The van der Waals surface area contributed by atoms with Crippen molar-refractivity contribution in [1.29, 1.82) is 0 Å². The number of hydrogen-bond donors (Lipinski definition) is 0. The molecule has 2 saturated heterocycles. The number of anilines is 1. The van der Waals surface area contributed by atoms with E-state index >= 15 is 0 Å². The summed E-state index contributed by atoms with van der Waals surface area (Å²) in [6, 6.07) is 0. The summed E-state index contributed by atoms with van der Waals surface area (Å²) in [5.74, 6) is 0.241. The van der Waals surface area contributed by atoms with Gasteiger partial charge in [-0.1, -0.05) is 0 Å². The van der Waals surface area contributed by atoms with Crippen molar-refractivity contribution < 1.29 is 9.13 Å². The number of ether oxygens (including phenoxy) is 1. The van der Waals surface area contributed by atoms with E-state index in [1.807, 2.05) is 0 Å². The van der Waals surface area contributed by atoms with E-state index in [-0.39, 0.29) is 11.2 Å². The highest BCUT2D eigenvalue weighted by Gasteiger charge is 2.37. The number of aromatic nitrogens is 2. The molecule has 6 heteroatoms. The van der Waals surface area contributed by atoms with Crippen molar-refractivity contribution in [3.63, 3.8) is 0 Å². The monoisotopic (exact) mass is 280 g/mol. The predicted molar refractivity (Wildman–Crippen MR) is 74.2 cm³/mol. The summed E-state index contributed by atoms with van der Waals surface area (Å²) in [4.78, 5) is 12.6. The van der Waals surface area contributed by atoms with E-state index < -0.39 is 0 Å². The lowest BCUT2D eigenvalue weighted by molar-refractivity contribution is 0.0502. The fourth-order valence-electron chi connectivity index (χ4n) is 3.16. The SMILES string of the molecule is CN1CCOCC2(CCN(c3ncc(F)cn3)CC2)C1. The van der Waals surface area contributed by atoms with Crippen LogP contribution in [0, 0.1) is 11.2 Å². The Morgan fingerprint density at radius 3 is 2.60 bits per heavy atom. The average molecular weight is 280 g/mol. The van der Waals surface area contributed by atoms with Crippen molar-refractivity contribution in [2.75, 3.05) is 51.3 Å². The minimum Gasteiger partial charge on any atom is -0.379 e. The Labute approximate surface area is 118 Å². The standard InChI is InChI=1S/C14H21FN4O/c1-18-6-7-20-11-14(10-18)2-4-19(5-3-14)13-16-8-12(15)9-17-13/h8-9H,2-7,10-11H2,1H3. The molecule has 0 atom stereocenters. The maximum absolute atomic E-state index is 12.9. The number of hydrogen-bond acceptors (Lipinski definition) is 5. The minimum absolute atomic E-state index is 0.252. The number of halogens is 1. The molecule has 20 heavy (non-hydrogen) atoms. The first-order chi connectivity index (χ1) is 9.67. The topological polar surface area (TPSA) is 41.5 Å². The van der Waals surface area contributed by atoms with Crippen molar-refractivity contribution in [2.24, 2.45) is 5.41 Å². The molecule has 0 radical (unpaired) electrons. The second kappa shape index (κ2) is 5.61. The van der Waals surface area contributed by atoms with Crippen LogP contribution in [0.4, 0.5) is 10.3 Å². The Morgan fingerprint density at radius 2 is 1.90 bits per heavy atom. The normalized spacial score (nSPS) is 23.8. The maximum Gasteiger partial charge on any atom is 0.225 e. The molecule has 1 aromatic heterocycles. The molecule has 2 aliphatic heterocycles.